The van der Waals surface area contributed by atoms with Gasteiger partial charge in [0.25, 0.3) is 0 Å². The van der Waals surface area contributed by atoms with E-state index in [9.17, 15) is 0 Å². The maximum absolute atomic E-state index is 6.12. The van der Waals surface area contributed by atoms with Gasteiger partial charge in [-0.25, -0.2) is 0 Å². The molecule has 0 bridgehead atoms. The second-order valence-electron chi connectivity index (χ2n) is 5.44. The fourth-order valence-corrected chi connectivity index (χ4v) is 3.64. The van der Waals surface area contributed by atoms with Crippen LogP contribution < -0.4 is 10.6 Å². The summed E-state index contributed by atoms with van der Waals surface area (Å²) in [5.74, 6) is 0.709. The van der Waals surface area contributed by atoms with Crippen LogP contribution in [0.4, 0.5) is 5.69 Å². The first-order valence-electron chi connectivity index (χ1n) is 6.48. The van der Waals surface area contributed by atoms with Gasteiger partial charge in [0.1, 0.15) is 0 Å². The van der Waals surface area contributed by atoms with Crippen molar-refractivity contribution >= 4 is 17.3 Å². The van der Waals surface area contributed by atoms with Crippen LogP contribution in [0.2, 0.25) is 5.02 Å². The molecule has 3 unspecified atom stereocenters. The van der Waals surface area contributed by atoms with Crippen LogP contribution in [0.15, 0.2) is 18.2 Å². The molecule has 0 saturated heterocycles. The van der Waals surface area contributed by atoms with Gasteiger partial charge in [-0.1, -0.05) is 24.1 Å². The third kappa shape index (κ3) is 1.84. The highest BCUT2D eigenvalue weighted by Gasteiger charge is 2.41. The molecule has 17 heavy (non-hydrogen) atoms. The summed E-state index contributed by atoms with van der Waals surface area (Å²) in [5.41, 5.74) is 8.78. The number of hydrogen-bond donors (Lipinski definition) is 1. The number of nitrogens with zero attached hydrogens (tertiary/aromatic N) is 1. The summed E-state index contributed by atoms with van der Waals surface area (Å²) < 4.78 is 0. The van der Waals surface area contributed by atoms with Gasteiger partial charge in [-0.3, -0.25) is 0 Å². The van der Waals surface area contributed by atoms with Crippen LogP contribution in [-0.2, 0) is 0 Å². The summed E-state index contributed by atoms with van der Waals surface area (Å²) in [5, 5.41) is 0.832. The van der Waals surface area contributed by atoms with Crippen molar-refractivity contribution < 1.29 is 0 Å². The quantitative estimate of drug-likeness (QED) is 0.874. The lowest BCUT2D eigenvalue weighted by atomic mass is 9.98. The normalized spacial score (nSPS) is 28.1. The molecule has 3 rings (SSSR count). The maximum Gasteiger partial charge on any atom is 0.0426 e. The molecule has 92 valence electrons. The van der Waals surface area contributed by atoms with Crippen LogP contribution in [0.1, 0.15) is 37.7 Å². The van der Waals surface area contributed by atoms with Crippen molar-refractivity contribution in [2.45, 2.75) is 44.2 Å². The molecule has 0 aromatic heterocycles. The van der Waals surface area contributed by atoms with E-state index in [0.29, 0.717) is 12.0 Å². The Hall–Kier alpha value is -0.730. The summed E-state index contributed by atoms with van der Waals surface area (Å²) in [4.78, 5) is 2.49. The molecule has 1 fully saturated rings. The van der Waals surface area contributed by atoms with Gasteiger partial charge in [0.2, 0.25) is 0 Å². The second-order valence-corrected chi connectivity index (χ2v) is 5.87. The number of benzene rings is 1. The molecular weight excluding hydrogens is 232 g/mol. The van der Waals surface area contributed by atoms with E-state index >= 15 is 0 Å². The first-order chi connectivity index (χ1) is 8.16. The van der Waals surface area contributed by atoms with Crippen molar-refractivity contribution in [3.63, 3.8) is 0 Å². The standard InChI is InChI=1S/C14H19ClN2/c1-9(16)8-17-13-4-2-3-11(13)12-6-5-10(15)7-14(12)17/h5-7,9,11,13H,2-4,8,16H2,1H3. The second kappa shape index (κ2) is 4.18. The number of hydrogen-bond acceptors (Lipinski definition) is 2. The van der Waals surface area contributed by atoms with Crippen molar-refractivity contribution in [3.8, 4) is 0 Å². The molecule has 0 radical (unpaired) electrons. The molecule has 2 N–H and O–H groups in total. The summed E-state index contributed by atoms with van der Waals surface area (Å²) >= 11 is 6.12. The SMILES string of the molecule is CC(N)CN1c2cc(Cl)ccc2C2CCCC21. The minimum Gasteiger partial charge on any atom is -0.366 e. The molecule has 1 aliphatic carbocycles. The largest absolute Gasteiger partial charge is 0.366 e. The highest BCUT2D eigenvalue weighted by atomic mass is 35.5. The minimum absolute atomic E-state index is 0.209. The lowest BCUT2D eigenvalue weighted by molar-refractivity contribution is 0.562. The Morgan fingerprint density at radius 1 is 1.47 bits per heavy atom. The van der Waals surface area contributed by atoms with Crippen molar-refractivity contribution in [1.82, 2.24) is 0 Å². The van der Waals surface area contributed by atoms with Gasteiger partial charge in [0, 0.05) is 35.3 Å². The van der Waals surface area contributed by atoms with Gasteiger partial charge in [0.05, 0.1) is 0 Å². The number of nitrogens with two attached hydrogens (primary N) is 1. The Bertz CT molecular complexity index is 430. The Kier molecular flexibility index (Phi) is 2.80. The number of fused-ring (bicyclic) bond motifs is 3. The van der Waals surface area contributed by atoms with E-state index in [1.807, 2.05) is 6.07 Å². The zero-order valence-electron chi connectivity index (χ0n) is 10.2. The van der Waals surface area contributed by atoms with E-state index in [1.54, 1.807) is 0 Å². The zero-order chi connectivity index (χ0) is 12.0. The lowest BCUT2D eigenvalue weighted by Crippen LogP contribution is -2.40. The predicted octanol–water partition coefficient (Wildman–Crippen LogP) is 3.14. The smallest absolute Gasteiger partial charge is 0.0426 e. The first kappa shape index (κ1) is 11.4. The lowest BCUT2D eigenvalue weighted by Gasteiger charge is -2.28. The Labute approximate surface area is 108 Å². The molecule has 3 atom stereocenters. The third-order valence-corrected chi connectivity index (χ3v) is 4.30. The summed E-state index contributed by atoms with van der Waals surface area (Å²) in [6.07, 6.45) is 3.95. The highest BCUT2D eigenvalue weighted by Crippen LogP contribution is 2.49. The molecule has 1 saturated carbocycles. The fourth-order valence-electron chi connectivity index (χ4n) is 3.48. The van der Waals surface area contributed by atoms with E-state index in [-0.39, 0.29) is 6.04 Å². The number of anilines is 1. The molecule has 1 heterocycles. The molecule has 2 aliphatic rings. The van der Waals surface area contributed by atoms with Gasteiger partial charge in [-0.05, 0) is 37.5 Å². The van der Waals surface area contributed by atoms with Crippen molar-refractivity contribution in [2.24, 2.45) is 5.73 Å². The first-order valence-corrected chi connectivity index (χ1v) is 6.86. The molecule has 1 aliphatic heterocycles. The number of rotatable bonds is 2. The average molecular weight is 251 g/mol. The average Bonchev–Trinajstić information content (AvgIpc) is 2.82. The van der Waals surface area contributed by atoms with Gasteiger partial charge >= 0.3 is 0 Å². The Balaban J connectivity index is 2.01. The van der Waals surface area contributed by atoms with Crippen molar-refractivity contribution in [1.29, 1.82) is 0 Å². The van der Waals surface area contributed by atoms with E-state index < -0.39 is 0 Å². The minimum atomic E-state index is 0.209. The number of halogens is 1. The van der Waals surface area contributed by atoms with E-state index in [1.165, 1.54) is 30.5 Å². The zero-order valence-corrected chi connectivity index (χ0v) is 11.0. The molecule has 1 aromatic carbocycles. The molecule has 1 aromatic rings. The Morgan fingerprint density at radius 3 is 3.06 bits per heavy atom. The van der Waals surface area contributed by atoms with Crippen LogP contribution in [0.25, 0.3) is 0 Å². The van der Waals surface area contributed by atoms with E-state index in [0.717, 1.165) is 11.6 Å². The van der Waals surface area contributed by atoms with Crippen LogP contribution in [0, 0.1) is 0 Å². The van der Waals surface area contributed by atoms with Gasteiger partial charge in [-0.15, -0.1) is 0 Å². The van der Waals surface area contributed by atoms with Gasteiger partial charge in [0.15, 0.2) is 0 Å². The highest BCUT2D eigenvalue weighted by molar-refractivity contribution is 6.30. The van der Waals surface area contributed by atoms with E-state index in [2.05, 4.69) is 24.0 Å². The Morgan fingerprint density at radius 2 is 2.29 bits per heavy atom. The van der Waals surface area contributed by atoms with Crippen molar-refractivity contribution in [2.75, 3.05) is 11.4 Å². The third-order valence-electron chi connectivity index (χ3n) is 4.07. The van der Waals surface area contributed by atoms with E-state index in [4.69, 9.17) is 17.3 Å². The molecule has 0 spiro atoms. The van der Waals surface area contributed by atoms with Gasteiger partial charge in [-0.2, -0.15) is 0 Å². The topological polar surface area (TPSA) is 29.3 Å². The molecule has 3 heteroatoms. The summed E-state index contributed by atoms with van der Waals surface area (Å²) in [6, 6.07) is 7.21. The van der Waals surface area contributed by atoms with Crippen LogP contribution in [0.5, 0.6) is 0 Å². The maximum atomic E-state index is 6.12. The van der Waals surface area contributed by atoms with Crippen LogP contribution in [0.3, 0.4) is 0 Å². The molecule has 2 nitrogen and oxygen atoms in total. The fraction of sp³-hybridized carbons (Fsp3) is 0.571. The molecular formula is C14H19ClN2. The van der Waals surface area contributed by atoms with Crippen LogP contribution in [-0.4, -0.2) is 18.6 Å². The van der Waals surface area contributed by atoms with Gasteiger partial charge < -0.3 is 10.6 Å². The summed E-state index contributed by atoms with van der Waals surface area (Å²) in [6.45, 7) is 3.01. The van der Waals surface area contributed by atoms with Crippen LogP contribution >= 0.6 is 11.6 Å². The molecule has 0 amide bonds. The predicted molar refractivity (Wildman–Crippen MR) is 72.8 cm³/mol. The summed E-state index contributed by atoms with van der Waals surface area (Å²) in [7, 11) is 0. The van der Waals surface area contributed by atoms with Crippen molar-refractivity contribution in [3.05, 3.63) is 28.8 Å². The monoisotopic (exact) mass is 250 g/mol.